The van der Waals surface area contributed by atoms with E-state index in [1.54, 1.807) is 6.07 Å². The Morgan fingerprint density at radius 3 is 2.89 bits per heavy atom. The Morgan fingerprint density at radius 2 is 2.26 bits per heavy atom. The Kier molecular flexibility index (Phi) is 6.23. The predicted octanol–water partition coefficient (Wildman–Crippen LogP) is 2.88. The summed E-state index contributed by atoms with van der Waals surface area (Å²) in [5, 5.41) is 6.19. The van der Waals surface area contributed by atoms with Crippen molar-refractivity contribution in [2.24, 2.45) is 0 Å². The summed E-state index contributed by atoms with van der Waals surface area (Å²) in [5.74, 6) is -0.848. The van der Waals surface area contributed by atoms with Crippen molar-refractivity contribution in [3.8, 4) is 0 Å². The molecule has 2 unspecified atom stereocenters. The molecule has 1 aliphatic rings. The molecule has 1 fully saturated rings. The molecule has 2 N–H and O–H groups in total. The minimum absolute atomic E-state index is 0. The minimum atomic E-state index is -0.502. The van der Waals surface area contributed by atoms with Gasteiger partial charge in [-0.05, 0) is 44.5 Å². The predicted molar refractivity (Wildman–Crippen MR) is 79.3 cm³/mol. The van der Waals surface area contributed by atoms with Gasteiger partial charge in [-0.25, -0.2) is 4.39 Å². The van der Waals surface area contributed by atoms with Gasteiger partial charge in [-0.3, -0.25) is 4.79 Å². The van der Waals surface area contributed by atoms with Crippen molar-refractivity contribution in [1.29, 1.82) is 0 Å². The van der Waals surface area contributed by atoms with E-state index in [9.17, 15) is 9.18 Å². The van der Waals surface area contributed by atoms with Crippen LogP contribution < -0.4 is 10.6 Å². The molecule has 1 aliphatic heterocycles. The zero-order valence-electron chi connectivity index (χ0n) is 10.6. The Morgan fingerprint density at radius 1 is 1.53 bits per heavy atom. The molecule has 1 amide bonds. The third-order valence-electron chi connectivity index (χ3n) is 3.25. The number of amides is 1. The van der Waals surface area contributed by atoms with Gasteiger partial charge >= 0.3 is 0 Å². The quantitative estimate of drug-likeness (QED) is 0.860. The van der Waals surface area contributed by atoms with Crippen LogP contribution in [0.4, 0.5) is 4.39 Å². The van der Waals surface area contributed by atoms with Gasteiger partial charge in [0.25, 0.3) is 5.91 Å². The molecule has 1 saturated heterocycles. The van der Waals surface area contributed by atoms with Crippen LogP contribution in [0.25, 0.3) is 0 Å². The Balaban J connectivity index is 0.00000180. The van der Waals surface area contributed by atoms with E-state index in [4.69, 9.17) is 0 Å². The molecule has 0 bridgehead atoms. The fourth-order valence-corrected chi connectivity index (χ4v) is 2.49. The van der Waals surface area contributed by atoms with Gasteiger partial charge in [0.2, 0.25) is 0 Å². The number of carbonyl (C=O) groups is 1. The Labute approximate surface area is 126 Å². The first kappa shape index (κ1) is 16.4. The molecule has 1 aromatic rings. The molecular weight excluding hydrogens is 335 g/mol. The largest absolute Gasteiger partial charge is 0.348 e. The van der Waals surface area contributed by atoms with Crippen LogP contribution in [0.3, 0.4) is 0 Å². The Hall–Kier alpha value is -0.650. The number of benzene rings is 1. The van der Waals surface area contributed by atoms with Crippen LogP contribution in [0.5, 0.6) is 0 Å². The number of carbonyl (C=O) groups excluding carboxylic acids is 1. The van der Waals surface area contributed by atoms with E-state index in [2.05, 4.69) is 26.6 Å². The normalized spacial score (nSPS) is 22.5. The number of rotatable bonds is 2. The zero-order valence-corrected chi connectivity index (χ0v) is 13.0. The van der Waals surface area contributed by atoms with Crippen LogP contribution >= 0.6 is 28.3 Å². The monoisotopic (exact) mass is 350 g/mol. The third-order valence-corrected chi connectivity index (χ3v) is 3.75. The molecule has 0 aliphatic carbocycles. The van der Waals surface area contributed by atoms with Gasteiger partial charge in [-0.2, -0.15) is 0 Å². The number of hydrogen-bond donors (Lipinski definition) is 2. The molecule has 19 heavy (non-hydrogen) atoms. The number of nitrogens with one attached hydrogen (secondary N) is 2. The maximum atomic E-state index is 13.6. The fourth-order valence-electron chi connectivity index (χ4n) is 2.16. The van der Waals surface area contributed by atoms with Gasteiger partial charge in [0.05, 0.1) is 5.56 Å². The van der Waals surface area contributed by atoms with E-state index >= 15 is 0 Å². The summed E-state index contributed by atoms with van der Waals surface area (Å²) >= 11 is 3.17. The number of halogens is 3. The lowest BCUT2D eigenvalue weighted by Crippen LogP contribution is -2.52. The summed E-state index contributed by atoms with van der Waals surface area (Å²) in [5.41, 5.74) is 0.0935. The maximum absolute atomic E-state index is 13.6. The highest BCUT2D eigenvalue weighted by Gasteiger charge is 2.23. The van der Waals surface area contributed by atoms with Crippen molar-refractivity contribution in [1.82, 2.24) is 10.6 Å². The molecule has 1 heterocycles. The lowest BCUT2D eigenvalue weighted by molar-refractivity contribution is 0.0915. The average molecular weight is 352 g/mol. The SMILES string of the molecule is CC1NCCCC1NC(=O)c1ccc(Br)cc1F.Cl. The van der Waals surface area contributed by atoms with Gasteiger partial charge in [-0.15, -0.1) is 12.4 Å². The summed E-state index contributed by atoms with van der Waals surface area (Å²) in [7, 11) is 0. The van der Waals surface area contributed by atoms with E-state index in [0.717, 1.165) is 19.4 Å². The molecule has 0 aromatic heterocycles. The van der Waals surface area contributed by atoms with Crippen LogP contribution in [0.2, 0.25) is 0 Å². The van der Waals surface area contributed by atoms with Crippen LogP contribution in [0.1, 0.15) is 30.1 Å². The van der Waals surface area contributed by atoms with E-state index in [-0.39, 0.29) is 36.0 Å². The van der Waals surface area contributed by atoms with Crippen molar-refractivity contribution in [3.63, 3.8) is 0 Å². The summed E-state index contributed by atoms with van der Waals surface area (Å²) in [6, 6.07) is 4.75. The Bertz CT molecular complexity index is 458. The summed E-state index contributed by atoms with van der Waals surface area (Å²) in [6.07, 6.45) is 1.95. The topological polar surface area (TPSA) is 41.1 Å². The van der Waals surface area contributed by atoms with Crippen LogP contribution in [-0.2, 0) is 0 Å². The first-order valence-electron chi connectivity index (χ1n) is 6.07. The molecule has 0 radical (unpaired) electrons. The van der Waals surface area contributed by atoms with Gasteiger partial charge in [0, 0.05) is 16.6 Å². The van der Waals surface area contributed by atoms with Crippen molar-refractivity contribution in [3.05, 3.63) is 34.1 Å². The lowest BCUT2D eigenvalue weighted by Gasteiger charge is -2.30. The van der Waals surface area contributed by atoms with Gasteiger partial charge in [0.15, 0.2) is 0 Å². The first-order valence-corrected chi connectivity index (χ1v) is 6.86. The van der Waals surface area contributed by atoms with Crippen molar-refractivity contribution in [2.45, 2.75) is 31.8 Å². The van der Waals surface area contributed by atoms with E-state index in [0.29, 0.717) is 4.47 Å². The van der Waals surface area contributed by atoms with Crippen molar-refractivity contribution in [2.75, 3.05) is 6.54 Å². The van der Waals surface area contributed by atoms with Crippen LogP contribution in [-0.4, -0.2) is 24.5 Å². The summed E-state index contributed by atoms with van der Waals surface area (Å²) in [6.45, 7) is 3.00. The highest BCUT2D eigenvalue weighted by atomic mass is 79.9. The van der Waals surface area contributed by atoms with Crippen molar-refractivity contribution < 1.29 is 9.18 Å². The zero-order chi connectivity index (χ0) is 13.1. The highest BCUT2D eigenvalue weighted by Crippen LogP contribution is 2.16. The van der Waals surface area contributed by atoms with Gasteiger partial charge in [-0.1, -0.05) is 15.9 Å². The summed E-state index contributed by atoms with van der Waals surface area (Å²) in [4.78, 5) is 12.0. The molecule has 2 atom stereocenters. The molecule has 106 valence electrons. The average Bonchev–Trinajstić information content (AvgIpc) is 2.32. The van der Waals surface area contributed by atoms with Crippen LogP contribution in [0, 0.1) is 5.82 Å². The van der Waals surface area contributed by atoms with Gasteiger partial charge < -0.3 is 10.6 Å². The number of piperidine rings is 1. The van der Waals surface area contributed by atoms with Gasteiger partial charge in [0.1, 0.15) is 5.82 Å². The van der Waals surface area contributed by atoms with E-state index in [1.165, 1.54) is 12.1 Å². The maximum Gasteiger partial charge on any atom is 0.254 e. The van der Waals surface area contributed by atoms with E-state index < -0.39 is 5.82 Å². The smallest absolute Gasteiger partial charge is 0.254 e. The second-order valence-electron chi connectivity index (χ2n) is 4.59. The van der Waals surface area contributed by atoms with Crippen molar-refractivity contribution >= 4 is 34.2 Å². The molecule has 3 nitrogen and oxygen atoms in total. The molecule has 0 saturated carbocycles. The standard InChI is InChI=1S/C13H16BrFN2O.ClH/c1-8-12(3-2-6-16-8)17-13(18)10-5-4-9(14)7-11(10)15;/h4-5,7-8,12,16H,2-3,6H2,1H3,(H,17,18);1H. The lowest BCUT2D eigenvalue weighted by atomic mass is 9.99. The minimum Gasteiger partial charge on any atom is -0.348 e. The highest BCUT2D eigenvalue weighted by molar-refractivity contribution is 9.10. The summed E-state index contributed by atoms with van der Waals surface area (Å²) < 4.78 is 14.3. The van der Waals surface area contributed by atoms with E-state index in [1.807, 2.05) is 6.92 Å². The third kappa shape index (κ3) is 4.16. The second-order valence-corrected chi connectivity index (χ2v) is 5.50. The molecule has 6 heteroatoms. The first-order chi connectivity index (χ1) is 8.58. The molecular formula is C13H17BrClFN2O. The molecule has 0 spiro atoms. The fraction of sp³-hybridized carbons (Fsp3) is 0.462. The molecule has 2 rings (SSSR count). The molecule has 1 aromatic carbocycles. The second kappa shape index (κ2) is 7.22. The van der Waals surface area contributed by atoms with Crippen LogP contribution in [0.15, 0.2) is 22.7 Å². The number of hydrogen-bond acceptors (Lipinski definition) is 2.